The van der Waals surface area contributed by atoms with Crippen molar-refractivity contribution in [3.8, 4) is 11.8 Å². The predicted octanol–water partition coefficient (Wildman–Crippen LogP) is 1.89. The van der Waals surface area contributed by atoms with E-state index in [-0.39, 0.29) is 5.41 Å². The van der Waals surface area contributed by atoms with Gasteiger partial charge in [-0.25, -0.2) is 4.98 Å². The molecular weight excluding hydrogens is 232 g/mol. The minimum Gasteiger partial charge on any atom is -0.480 e. The fraction of sp³-hybridized carbons (Fsp3) is 0.692. The lowest BCUT2D eigenvalue weighted by Gasteiger charge is -2.36. The Morgan fingerprint density at radius 2 is 1.94 bits per heavy atom. The molecule has 1 N–H and O–H groups in total. The fourth-order valence-corrected chi connectivity index (χ4v) is 2.65. The van der Waals surface area contributed by atoms with Crippen LogP contribution in [0, 0.1) is 5.41 Å². The Bertz CT molecular complexity index is 448. The van der Waals surface area contributed by atoms with E-state index in [4.69, 9.17) is 9.47 Å². The molecular formula is C13H20N2O3. The number of ether oxygens (including phenoxy) is 2. The van der Waals surface area contributed by atoms with Gasteiger partial charge in [0.15, 0.2) is 0 Å². The molecule has 0 saturated heterocycles. The number of nitrogens with zero attached hydrogens (tertiary/aromatic N) is 2. The lowest BCUT2D eigenvalue weighted by molar-refractivity contribution is -0.0544. The van der Waals surface area contributed by atoms with Gasteiger partial charge in [0, 0.05) is 0 Å². The highest BCUT2D eigenvalue weighted by molar-refractivity contribution is 5.31. The predicted molar refractivity (Wildman–Crippen MR) is 66.7 cm³/mol. The quantitative estimate of drug-likeness (QED) is 0.890. The van der Waals surface area contributed by atoms with Gasteiger partial charge in [0.05, 0.1) is 20.4 Å². The summed E-state index contributed by atoms with van der Waals surface area (Å²) in [4.78, 5) is 8.51. The highest BCUT2D eigenvalue weighted by atomic mass is 16.5. The van der Waals surface area contributed by atoms with E-state index in [0.717, 1.165) is 12.8 Å². The van der Waals surface area contributed by atoms with E-state index in [1.54, 1.807) is 0 Å². The second-order valence-electron chi connectivity index (χ2n) is 5.37. The maximum atomic E-state index is 10.9. The normalized spacial score (nSPS) is 26.1. The van der Waals surface area contributed by atoms with Crippen LogP contribution in [0.3, 0.4) is 0 Å². The Morgan fingerprint density at radius 3 is 2.44 bits per heavy atom. The summed E-state index contributed by atoms with van der Waals surface area (Å²) in [6.45, 7) is 4.09. The summed E-state index contributed by atoms with van der Waals surface area (Å²) in [5.41, 5.74) is -0.713. The highest BCUT2D eigenvalue weighted by Crippen LogP contribution is 2.53. The first-order chi connectivity index (χ1) is 8.44. The van der Waals surface area contributed by atoms with Crippen LogP contribution in [0.2, 0.25) is 0 Å². The Kier molecular flexibility index (Phi) is 3.19. The number of hydrogen-bond acceptors (Lipinski definition) is 5. The van der Waals surface area contributed by atoms with Gasteiger partial charge in [-0.2, -0.15) is 4.98 Å². The van der Waals surface area contributed by atoms with Crippen molar-refractivity contribution in [1.82, 2.24) is 9.97 Å². The molecule has 2 rings (SSSR count). The second kappa shape index (κ2) is 4.39. The van der Waals surface area contributed by atoms with Crippen LogP contribution in [0.1, 0.15) is 38.8 Å². The van der Waals surface area contributed by atoms with E-state index < -0.39 is 5.60 Å². The zero-order chi connectivity index (χ0) is 13.4. The monoisotopic (exact) mass is 252 g/mol. The van der Waals surface area contributed by atoms with E-state index in [9.17, 15) is 5.11 Å². The minimum absolute atomic E-state index is 0.233. The molecule has 0 bridgehead atoms. The van der Waals surface area contributed by atoms with Gasteiger partial charge >= 0.3 is 0 Å². The average Bonchev–Trinajstić information content (AvgIpc) is 2.63. The molecule has 0 aliphatic heterocycles. The first kappa shape index (κ1) is 13.1. The van der Waals surface area contributed by atoms with E-state index in [1.807, 2.05) is 13.8 Å². The molecule has 1 saturated carbocycles. The van der Waals surface area contributed by atoms with Gasteiger partial charge in [-0.3, -0.25) is 0 Å². The van der Waals surface area contributed by atoms with Gasteiger partial charge in [0.1, 0.15) is 11.3 Å². The van der Waals surface area contributed by atoms with Crippen LogP contribution in [0.15, 0.2) is 6.20 Å². The van der Waals surface area contributed by atoms with E-state index in [0.29, 0.717) is 23.9 Å². The van der Waals surface area contributed by atoms with Crippen LogP contribution in [0.4, 0.5) is 0 Å². The summed E-state index contributed by atoms with van der Waals surface area (Å²) in [6, 6.07) is 0. The Labute approximate surface area is 107 Å². The minimum atomic E-state index is -0.988. The largest absolute Gasteiger partial charge is 0.480 e. The molecule has 5 nitrogen and oxygen atoms in total. The molecule has 5 heteroatoms. The summed E-state index contributed by atoms with van der Waals surface area (Å²) in [7, 11) is 3.05. The van der Waals surface area contributed by atoms with Crippen LogP contribution >= 0.6 is 0 Å². The molecule has 1 aromatic rings. The fourth-order valence-electron chi connectivity index (χ4n) is 2.65. The maximum Gasteiger partial charge on any atom is 0.241 e. The average molecular weight is 252 g/mol. The summed E-state index contributed by atoms with van der Waals surface area (Å²) in [5.74, 6) is 0.724. The van der Waals surface area contributed by atoms with Gasteiger partial charge in [0.2, 0.25) is 11.8 Å². The van der Waals surface area contributed by atoms with Crippen molar-refractivity contribution < 1.29 is 14.6 Å². The van der Waals surface area contributed by atoms with Gasteiger partial charge in [0.25, 0.3) is 0 Å². The third-order valence-electron chi connectivity index (χ3n) is 3.97. The van der Waals surface area contributed by atoms with Crippen molar-refractivity contribution >= 4 is 0 Å². The zero-order valence-corrected chi connectivity index (χ0v) is 11.4. The van der Waals surface area contributed by atoms with Crippen molar-refractivity contribution in [2.75, 3.05) is 14.2 Å². The lowest BCUT2D eigenvalue weighted by atomic mass is 9.75. The molecule has 0 aromatic carbocycles. The highest BCUT2D eigenvalue weighted by Gasteiger charge is 2.51. The number of aliphatic hydroxyl groups is 1. The van der Waals surface area contributed by atoms with E-state index in [2.05, 4.69) is 9.97 Å². The van der Waals surface area contributed by atoms with Crippen LogP contribution in [0.25, 0.3) is 0 Å². The van der Waals surface area contributed by atoms with Crippen molar-refractivity contribution in [1.29, 1.82) is 0 Å². The van der Waals surface area contributed by atoms with E-state index >= 15 is 0 Å². The van der Waals surface area contributed by atoms with Crippen molar-refractivity contribution in [2.45, 2.75) is 38.7 Å². The summed E-state index contributed by atoms with van der Waals surface area (Å²) in [6.07, 6.45) is 4.13. The van der Waals surface area contributed by atoms with Crippen LogP contribution in [-0.2, 0) is 5.60 Å². The molecule has 1 heterocycles. The van der Waals surface area contributed by atoms with Gasteiger partial charge in [-0.05, 0) is 24.7 Å². The number of rotatable bonds is 3. The summed E-state index contributed by atoms with van der Waals surface area (Å²) < 4.78 is 10.3. The summed E-state index contributed by atoms with van der Waals surface area (Å²) >= 11 is 0. The number of methoxy groups -OCH3 is 2. The van der Waals surface area contributed by atoms with Gasteiger partial charge in [-0.15, -0.1) is 0 Å². The van der Waals surface area contributed by atoms with Crippen LogP contribution < -0.4 is 9.47 Å². The Balaban J connectivity index is 2.50. The topological polar surface area (TPSA) is 64.5 Å². The molecule has 1 aromatic heterocycles. The molecule has 1 aliphatic carbocycles. The molecule has 18 heavy (non-hydrogen) atoms. The smallest absolute Gasteiger partial charge is 0.241 e. The van der Waals surface area contributed by atoms with Crippen molar-refractivity contribution in [2.24, 2.45) is 5.41 Å². The van der Waals surface area contributed by atoms with Crippen LogP contribution in [0.5, 0.6) is 11.8 Å². The Hall–Kier alpha value is -1.36. The molecule has 1 fully saturated rings. The molecule has 0 radical (unpaired) electrons. The number of hydrogen-bond donors (Lipinski definition) is 1. The van der Waals surface area contributed by atoms with Gasteiger partial charge < -0.3 is 14.6 Å². The second-order valence-corrected chi connectivity index (χ2v) is 5.37. The third kappa shape index (κ3) is 1.82. The third-order valence-corrected chi connectivity index (χ3v) is 3.97. The van der Waals surface area contributed by atoms with Crippen LogP contribution in [-0.4, -0.2) is 29.3 Å². The molecule has 100 valence electrons. The first-order valence-corrected chi connectivity index (χ1v) is 6.12. The zero-order valence-electron chi connectivity index (χ0n) is 11.4. The molecule has 1 aliphatic rings. The van der Waals surface area contributed by atoms with Crippen molar-refractivity contribution in [3.05, 3.63) is 11.9 Å². The Morgan fingerprint density at radius 1 is 1.22 bits per heavy atom. The summed E-state index contributed by atoms with van der Waals surface area (Å²) in [5, 5.41) is 10.9. The first-order valence-electron chi connectivity index (χ1n) is 6.12. The maximum absolute atomic E-state index is 10.9. The molecule has 1 atom stereocenters. The van der Waals surface area contributed by atoms with E-state index in [1.165, 1.54) is 20.4 Å². The standard InChI is InChI=1S/C13H20N2O3/c1-12(2)6-5-7-13(12,16)10-11(18-4)15-9(17-3)8-14-10/h8,16H,5-7H2,1-4H3. The molecule has 0 spiro atoms. The lowest BCUT2D eigenvalue weighted by Crippen LogP contribution is -2.38. The molecule has 1 unspecified atom stereocenters. The molecule has 0 amide bonds. The van der Waals surface area contributed by atoms with Crippen molar-refractivity contribution in [3.63, 3.8) is 0 Å². The van der Waals surface area contributed by atoms with Gasteiger partial charge in [-0.1, -0.05) is 13.8 Å². The number of aromatic nitrogens is 2. The SMILES string of the molecule is COc1cnc(C2(O)CCCC2(C)C)c(OC)n1.